The van der Waals surface area contributed by atoms with Gasteiger partial charge in [0.1, 0.15) is 0 Å². The van der Waals surface area contributed by atoms with Crippen molar-refractivity contribution in [3.63, 3.8) is 0 Å². The van der Waals surface area contributed by atoms with Gasteiger partial charge >= 0.3 is 0 Å². The first kappa shape index (κ1) is 25.9. The first-order chi connectivity index (χ1) is 17.3. The fourth-order valence-corrected chi connectivity index (χ4v) is 4.61. The second-order valence-electron chi connectivity index (χ2n) is 9.75. The van der Waals surface area contributed by atoms with Gasteiger partial charge in [-0.1, -0.05) is 54.3 Å². The first-order valence-electron chi connectivity index (χ1n) is 12.5. The smallest absolute Gasteiger partial charge is 0.246 e. The Kier molecular flexibility index (Phi) is 8.44. The average Bonchev–Trinajstić information content (AvgIpc) is 3.53. The largest absolute Gasteiger partial charge is 0.332 e. The van der Waals surface area contributed by atoms with Gasteiger partial charge in [0, 0.05) is 41.5 Å². The van der Waals surface area contributed by atoms with E-state index in [1.165, 1.54) is 0 Å². The van der Waals surface area contributed by atoms with Crippen molar-refractivity contribution < 1.29 is 9.59 Å². The van der Waals surface area contributed by atoms with Crippen molar-refractivity contribution in [3.8, 4) is 16.9 Å². The fourth-order valence-electron chi connectivity index (χ4n) is 4.49. The molecule has 0 bridgehead atoms. The molecule has 2 aromatic carbocycles. The van der Waals surface area contributed by atoms with Crippen molar-refractivity contribution >= 4 is 29.4 Å². The van der Waals surface area contributed by atoms with Gasteiger partial charge in [-0.2, -0.15) is 0 Å². The number of nitrogens with zero attached hydrogens (tertiary/aromatic N) is 4. The third kappa shape index (κ3) is 6.53. The highest BCUT2D eigenvalue weighted by Crippen LogP contribution is 2.27. The summed E-state index contributed by atoms with van der Waals surface area (Å²) in [5.41, 5.74) is 3.64. The molecule has 1 heterocycles. The van der Waals surface area contributed by atoms with Gasteiger partial charge in [0.05, 0.1) is 12.2 Å². The van der Waals surface area contributed by atoms with Gasteiger partial charge in [0.25, 0.3) is 0 Å². The van der Waals surface area contributed by atoms with Crippen molar-refractivity contribution in [1.29, 1.82) is 0 Å². The molecular weight excluding hydrogens is 474 g/mol. The second kappa shape index (κ2) is 11.7. The molecule has 1 N–H and O–H groups in total. The Morgan fingerprint density at radius 1 is 1.03 bits per heavy atom. The van der Waals surface area contributed by atoms with Crippen molar-refractivity contribution in [2.75, 3.05) is 39.0 Å². The van der Waals surface area contributed by atoms with E-state index in [1.54, 1.807) is 4.90 Å². The lowest BCUT2D eigenvalue weighted by Gasteiger charge is -2.26. The van der Waals surface area contributed by atoms with Gasteiger partial charge in [-0.3, -0.25) is 19.5 Å². The van der Waals surface area contributed by atoms with E-state index in [1.807, 2.05) is 85.2 Å². The lowest BCUT2D eigenvalue weighted by Crippen LogP contribution is -2.44. The van der Waals surface area contributed by atoms with Crippen LogP contribution in [0.15, 0.2) is 54.7 Å². The first-order valence-corrected chi connectivity index (χ1v) is 12.8. The molecule has 1 aliphatic rings. The van der Waals surface area contributed by atoms with E-state index in [4.69, 9.17) is 16.6 Å². The predicted octanol–water partition coefficient (Wildman–Crippen LogP) is 5.02. The van der Waals surface area contributed by atoms with Crippen LogP contribution in [0.5, 0.6) is 0 Å². The molecule has 7 nitrogen and oxygen atoms in total. The van der Waals surface area contributed by atoms with Crippen LogP contribution in [-0.2, 0) is 9.59 Å². The Morgan fingerprint density at radius 2 is 1.69 bits per heavy atom. The van der Waals surface area contributed by atoms with Crippen LogP contribution in [0.4, 0.5) is 5.95 Å². The minimum absolute atomic E-state index is 0.000208. The van der Waals surface area contributed by atoms with Crippen LogP contribution in [0.3, 0.4) is 0 Å². The molecule has 0 saturated heterocycles. The molecule has 36 heavy (non-hydrogen) atoms. The number of anilines is 1. The van der Waals surface area contributed by atoms with Crippen LogP contribution in [0.25, 0.3) is 16.9 Å². The van der Waals surface area contributed by atoms with Crippen molar-refractivity contribution in [3.05, 3.63) is 65.3 Å². The average molecular weight is 508 g/mol. The number of halogens is 1. The molecule has 3 aromatic rings. The molecule has 0 aliphatic heterocycles. The van der Waals surface area contributed by atoms with E-state index in [2.05, 4.69) is 5.32 Å². The number of amides is 2. The molecule has 2 amide bonds. The standard InChI is InChI=1S/C28H34ClN5O2/c1-20-8-14-24(15-9-20)34-18-25(21-10-12-23(29)13-11-21)30-28(34)31-26(35)19-33(17-16-32(2)3)27(36)22-6-4-5-7-22/h8-15,18,22H,4-7,16-17,19H2,1-3H3,(H,30,31,35). The number of aromatic nitrogens is 2. The van der Waals surface area contributed by atoms with E-state index in [9.17, 15) is 9.59 Å². The molecule has 1 aromatic heterocycles. The maximum Gasteiger partial charge on any atom is 0.246 e. The highest BCUT2D eigenvalue weighted by Gasteiger charge is 2.28. The number of hydrogen-bond donors (Lipinski definition) is 1. The Morgan fingerprint density at radius 3 is 2.33 bits per heavy atom. The highest BCUT2D eigenvalue weighted by atomic mass is 35.5. The number of nitrogens with one attached hydrogen (secondary N) is 1. The van der Waals surface area contributed by atoms with Crippen LogP contribution < -0.4 is 5.32 Å². The predicted molar refractivity (Wildman–Crippen MR) is 144 cm³/mol. The number of carbonyl (C=O) groups is 2. The van der Waals surface area contributed by atoms with E-state index in [0.29, 0.717) is 29.8 Å². The number of hydrogen-bond acceptors (Lipinski definition) is 4. The van der Waals surface area contributed by atoms with Crippen LogP contribution >= 0.6 is 11.6 Å². The number of imidazole rings is 1. The molecule has 8 heteroatoms. The van der Waals surface area contributed by atoms with Crippen LogP contribution in [0.1, 0.15) is 31.2 Å². The van der Waals surface area contributed by atoms with E-state index in [0.717, 1.165) is 42.5 Å². The van der Waals surface area contributed by atoms with Gasteiger partial charge in [-0.05, 0) is 58.1 Å². The normalized spacial score (nSPS) is 13.8. The van der Waals surface area contributed by atoms with Crippen molar-refractivity contribution in [1.82, 2.24) is 19.4 Å². The minimum Gasteiger partial charge on any atom is -0.332 e. The summed E-state index contributed by atoms with van der Waals surface area (Å²) >= 11 is 6.06. The van der Waals surface area contributed by atoms with Gasteiger partial charge in [0.2, 0.25) is 17.8 Å². The molecule has 1 fully saturated rings. The number of likely N-dealkylation sites (N-methyl/N-ethyl adjacent to an activating group) is 1. The Labute approximate surface area is 218 Å². The Hall–Kier alpha value is -3.16. The zero-order valence-corrected chi connectivity index (χ0v) is 22.0. The fraction of sp³-hybridized carbons (Fsp3) is 0.393. The van der Waals surface area contributed by atoms with E-state index < -0.39 is 0 Å². The molecule has 4 rings (SSSR count). The van der Waals surface area contributed by atoms with Gasteiger partial charge in [-0.15, -0.1) is 0 Å². The summed E-state index contributed by atoms with van der Waals surface area (Å²) in [6.07, 6.45) is 5.86. The summed E-state index contributed by atoms with van der Waals surface area (Å²) < 4.78 is 1.87. The van der Waals surface area contributed by atoms with Gasteiger partial charge < -0.3 is 9.80 Å². The van der Waals surface area contributed by atoms with Gasteiger partial charge in [-0.25, -0.2) is 4.98 Å². The van der Waals surface area contributed by atoms with Crippen LogP contribution in [-0.4, -0.2) is 64.9 Å². The highest BCUT2D eigenvalue weighted by molar-refractivity contribution is 6.30. The number of rotatable bonds is 9. The molecular formula is C28H34ClN5O2. The topological polar surface area (TPSA) is 70.5 Å². The molecule has 1 saturated carbocycles. The summed E-state index contributed by atoms with van der Waals surface area (Å²) in [5, 5.41) is 3.62. The lowest BCUT2D eigenvalue weighted by atomic mass is 10.1. The van der Waals surface area contributed by atoms with Crippen molar-refractivity contribution in [2.24, 2.45) is 5.92 Å². The van der Waals surface area contributed by atoms with Gasteiger partial charge in [0.15, 0.2) is 0 Å². The van der Waals surface area contributed by atoms with Crippen LogP contribution in [0, 0.1) is 12.8 Å². The summed E-state index contributed by atoms with van der Waals surface area (Å²) in [5.74, 6) is 0.246. The molecule has 1 aliphatic carbocycles. The molecule has 0 spiro atoms. The monoisotopic (exact) mass is 507 g/mol. The molecule has 190 valence electrons. The third-order valence-corrected chi connectivity index (χ3v) is 6.83. The van der Waals surface area contributed by atoms with Crippen molar-refractivity contribution in [2.45, 2.75) is 32.6 Å². The number of benzene rings is 2. The second-order valence-corrected chi connectivity index (χ2v) is 10.2. The van der Waals surface area contributed by atoms with E-state index >= 15 is 0 Å². The summed E-state index contributed by atoms with van der Waals surface area (Å²) in [6, 6.07) is 15.5. The SMILES string of the molecule is Cc1ccc(-n2cc(-c3ccc(Cl)cc3)nc2NC(=O)CN(CCN(C)C)C(=O)C2CCCC2)cc1. The summed E-state index contributed by atoms with van der Waals surface area (Å²) in [7, 11) is 3.93. The maximum atomic E-state index is 13.2. The quantitative estimate of drug-likeness (QED) is 0.441. The lowest BCUT2D eigenvalue weighted by molar-refractivity contribution is -0.138. The number of aryl methyl sites for hydroxylation is 1. The molecule has 0 unspecified atom stereocenters. The molecule has 0 atom stereocenters. The number of carbonyl (C=O) groups excluding carboxylic acids is 2. The zero-order chi connectivity index (χ0) is 25.7. The Bertz CT molecular complexity index is 1180. The maximum absolute atomic E-state index is 13.2. The van der Waals surface area contributed by atoms with Crippen LogP contribution in [0.2, 0.25) is 5.02 Å². The summed E-state index contributed by atoms with van der Waals surface area (Å²) in [6.45, 7) is 3.24. The summed E-state index contributed by atoms with van der Waals surface area (Å²) in [4.78, 5) is 34.9. The molecule has 0 radical (unpaired) electrons. The van der Waals surface area contributed by atoms with E-state index in [-0.39, 0.29) is 24.3 Å². The third-order valence-electron chi connectivity index (χ3n) is 6.58. The zero-order valence-electron chi connectivity index (χ0n) is 21.2. The Balaban J connectivity index is 1.58. The minimum atomic E-state index is -0.262.